The lowest BCUT2D eigenvalue weighted by Gasteiger charge is -2.13. The standard InChI is InChI=1S/C14H13ClFN/c1-9(17)11-4-2-3-5-12(11)13-7-6-10(15)8-14(13)16/h2-9H,17H2,1H3/t9-/m0/s1. The molecule has 2 N–H and O–H groups in total. The zero-order chi connectivity index (χ0) is 12.4. The molecule has 0 fully saturated rings. The average molecular weight is 250 g/mol. The van der Waals surface area contributed by atoms with E-state index >= 15 is 0 Å². The third-order valence-electron chi connectivity index (χ3n) is 2.67. The molecule has 17 heavy (non-hydrogen) atoms. The Kier molecular flexibility index (Phi) is 3.46. The molecule has 0 amide bonds. The van der Waals surface area contributed by atoms with E-state index in [2.05, 4.69) is 0 Å². The minimum absolute atomic E-state index is 0.138. The summed E-state index contributed by atoms with van der Waals surface area (Å²) in [6, 6.07) is 12.1. The van der Waals surface area contributed by atoms with Crippen LogP contribution in [0.3, 0.4) is 0 Å². The van der Waals surface area contributed by atoms with Gasteiger partial charge in [0.2, 0.25) is 0 Å². The lowest BCUT2D eigenvalue weighted by atomic mass is 9.96. The zero-order valence-corrected chi connectivity index (χ0v) is 10.2. The third-order valence-corrected chi connectivity index (χ3v) is 2.91. The molecule has 0 aliphatic heterocycles. The van der Waals surface area contributed by atoms with Crippen LogP contribution in [0.1, 0.15) is 18.5 Å². The average Bonchev–Trinajstić information content (AvgIpc) is 2.29. The zero-order valence-electron chi connectivity index (χ0n) is 9.45. The molecule has 0 unspecified atom stereocenters. The number of hydrogen-bond donors (Lipinski definition) is 1. The minimum atomic E-state index is -0.328. The van der Waals surface area contributed by atoms with E-state index in [4.69, 9.17) is 17.3 Å². The Morgan fingerprint density at radius 1 is 1.12 bits per heavy atom. The van der Waals surface area contributed by atoms with E-state index in [1.165, 1.54) is 6.07 Å². The number of nitrogens with two attached hydrogens (primary N) is 1. The highest BCUT2D eigenvalue weighted by molar-refractivity contribution is 6.30. The second kappa shape index (κ2) is 4.86. The van der Waals surface area contributed by atoms with Gasteiger partial charge < -0.3 is 5.73 Å². The van der Waals surface area contributed by atoms with E-state index in [-0.39, 0.29) is 11.9 Å². The molecule has 0 aliphatic rings. The van der Waals surface area contributed by atoms with Gasteiger partial charge in [0.1, 0.15) is 5.82 Å². The van der Waals surface area contributed by atoms with Gasteiger partial charge in [-0.3, -0.25) is 0 Å². The second-order valence-electron chi connectivity index (χ2n) is 4.00. The first kappa shape index (κ1) is 12.1. The molecule has 0 spiro atoms. The van der Waals surface area contributed by atoms with Crippen LogP contribution >= 0.6 is 11.6 Å². The fraction of sp³-hybridized carbons (Fsp3) is 0.143. The summed E-state index contributed by atoms with van der Waals surface area (Å²) in [5.41, 5.74) is 8.15. The third kappa shape index (κ3) is 2.48. The molecule has 0 radical (unpaired) electrons. The van der Waals surface area contributed by atoms with E-state index in [0.717, 1.165) is 11.1 Å². The SMILES string of the molecule is C[C@H](N)c1ccccc1-c1ccc(Cl)cc1F. The highest BCUT2D eigenvalue weighted by Gasteiger charge is 2.11. The molecule has 88 valence electrons. The van der Waals surface area contributed by atoms with Crippen LogP contribution in [0, 0.1) is 5.82 Å². The van der Waals surface area contributed by atoms with Crippen LogP contribution < -0.4 is 5.73 Å². The topological polar surface area (TPSA) is 26.0 Å². The molecule has 0 saturated carbocycles. The van der Waals surface area contributed by atoms with Gasteiger partial charge in [-0.1, -0.05) is 35.9 Å². The van der Waals surface area contributed by atoms with Gasteiger partial charge in [0.15, 0.2) is 0 Å². The summed E-state index contributed by atoms with van der Waals surface area (Å²) in [6.45, 7) is 1.88. The van der Waals surface area contributed by atoms with Gasteiger partial charge in [-0.25, -0.2) is 4.39 Å². The number of rotatable bonds is 2. The summed E-state index contributed by atoms with van der Waals surface area (Å²) in [4.78, 5) is 0. The lowest BCUT2D eigenvalue weighted by Crippen LogP contribution is -2.06. The van der Waals surface area contributed by atoms with Crippen molar-refractivity contribution in [3.8, 4) is 11.1 Å². The first-order valence-corrected chi connectivity index (χ1v) is 5.77. The van der Waals surface area contributed by atoms with Crippen LogP contribution in [0.15, 0.2) is 42.5 Å². The van der Waals surface area contributed by atoms with Crippen molar-refractivity contribution in [1.82, 2.24) is 0 Å². The Morgan fingerprint density at radius 3 is 2.47 bits per heavy atom. The normalized spacial score (nSPS) is 12.5. The number of hydrogen-bond acceptors (Lipinski definition) is 1. The molecule has 2 rings (SSSR count). The van der Waals surface area contributed by atoms with Crippen LogP contribution in [0.5, 0.6) is 0 Å². The molecule has 1 atom stereocenters. The molecular weight excluding hydrogens is 237 g/mol. The maximum atomic E-state index is 13.9. The van der Waals surface area contributed by atoms with Crippen molar-refractivity contribution in [3.63, 3.8) is 0 Å². The van der Waals surface area contributed by atoms with Crippen LogP contribution in [0.4, 0.5) is 4.39 Å². The maximum Gasteiger partial charge on any atom is 0.132 e. The Bertz CT molecular complexity index is 537. The molecule has 0 aromatic heterocycles. The Hall–Kier alpha value is -1.38. The summed E-state index contributed by atoms with van der Waals surface area (Å²) >= 11 is 5.74. The summed E-state index contributed by atoms with van der Waals surface area (Å²) in [5.74, 6) is -0.328. The maximum absolute atomic E-state index is 13.9. The summed E-state index contributed by atoms with van der Waals surface area (Å²) < 4.78 is 13.9. The summed E-state index contributed by atoms with van der Waals surface area (Å²) in [7, 11) is 0. The largest absolute Gasteiger partial charge is 0.324 e. The van der Waals surface area contributed by atoms with E-state index in [1.807, 2.05) is 31.2 Å². The van der Waals surface area contributed by atoms with Crippen LogP contribution in [0.2, 0.25) is 5.02 Å². The van der Waals surface area contributed by atoms with Crippen LogP contribution in [-0.4, -0.2) is 0 Å². The molecule has 2 aromatic rings. The fourth-order valence-electron chi connectivity index (χ4n) is 1.85. The molecule has 0 heterocycles. The highest BCUT2D eigenvalue weighted by Crippen LogP contribution is 2.30. The van der Waals surface area contributed by atoms with Gasteiger partial charge in [-0.05, 0) is 36.2 Å². The summed E-state index contributed by atoms with van der Waals surface area (Å²) in [5, 5.41) is 0.393. The van der Waals surface area contributed by atoms with E-state index in [9.17, 15) is 4.39 Å². The first-order valence-electron chi connectivity index (χ1n) is 5.39. The Morgan fingerprint density at radius 2 is 1.82 bits per heavy atom. The van der Waals surface area contributed by atoms with E-state index in [0.29, 0.717) is 10.6 Å². The van der Waals surface area contributed by atoms with Gasteiger partial charge >= 0.3 is 0 Å². The molecule has 3 heteroatoms. The predicted octanol–water partition coefficient (Wildman–Crippen LogP) is 4.17. The summed E-state index contributed by atoms with van der Waals surface area (Å²) in [6.07, 6.45) is 0. The monoisotopic (exact) mass is 249 g/mol. The number of benzene rings is 2. The highest BCUT2D eigenvalue weighted by atomic mass is 35.5. The minimum Gasteiger partial charge on any atom is -0.324 e. The number of halogens is 2. The van der Waals surface area contributed by atoms with Crippen molar-refractivity contribution in [3.05, 3.63) is 58.9 Å². The van der Waals surface area contributed by atoms with Gasteiger partial charge in [0.05, 0.1) is 0 Å². The van der Waals surface area contributed by atoms with Crippen LogP contribution in [-0.2, 0) is 0 Å². The molecule has 0 saturated heterocycles. The quantitative estimate of drug-likeness (QED) is 0.850. The Labute approximate surface area is 105 Å². The first-order chi connectivity index (χ1) is 8.09. The predicted molar refractivity (Wildman–Crippen MR) is 69.4 cm³/mol. The molecular formula is C14H13ClFN. The van der Waals surface area contributed by atoms with Crippen molar-refractivity contribution in [2.24, 2.45) is 5.73 Å². The van der Waals surface area contributed by atoms with Crippen molar-refractivity contribution < 1.29 is 4.39 Å². The second-order valence-corrected chi connectivity index (χ2v) is 4.44. The Balaban J connectivity index is 2.60. The molecule has 1 nitrogen and oxygen atoms in total. The van der Waals surface area contributed by atoms with Gasteiger partial charge in [0.25, 0.3) is 0 Å². The van der Waals surface area contributed by atoms with Crippen molar-refractivity contribution >= 4 is 11.6 Å². The molecule has 0 bridgehead atoms. The molecule has 0 aliphatic carbocycles. The van der Waals surface area contributed by atoms with Crippen molar-refractivity contribution in [1.29, 1.82) is 0 Å². The van der Waals surface area contributed by atoms with Gasteiger partial charge in [0, 0.05) is 16.6 Å². The van der Waals surface area contributed by atoms with Crippen molar-refractivity contribution in [2.45, 2.75) is 13.0 Å². The van der Waals surface area contributed by atoms with E-state index < -0.39 is 0 Å². The fourth-order valence-corrected chi connectivity index (χ4v) is 2.01. The van der Waals surface area contributed by atoms with Gasteiger partial charge in [-0.15, -0.1) is 0 Å². The smallest absolute Gasteiger partial charge is 0.132 e. The van der Waals surface area contributed by atoms with Crippen LogP contribution in [0.25, 0.3) is 11.1 Å². The van der Waals surface area contributed by atoms with Gasteiger partial charge in [-0.2, -0.15) is 0 Å². The molecule has 2 aromatic carbocycles. The lowest BCUT2D eigenvalue weighted by molar-refractivity contribution is 0.631. The van der Waals surface area contributed by atoms with E-state index in [1.54, 1.807) is 12.1 Å². The van der Waals surface area contributed by atoms with Crippen molar-refractivity contribution in [2.75, 3.05) is 0 Å².